The minimum absolute atomic E-state index is 0.0456. The lowest BCUT2D eigenvalue weighted by atomic mass is 9.99. The van der Waals surface area contributed by atoms with Crippen LogP contribution in [-0.2, 0) is 28.9 Å². The first kappa shape index (κ1) is 22.2. The van der Waals surface area contributed by atoms with Crippen molar-refractivity contribution in [2.45, 2.75) is 31.5 Å². The van der Waals surface area contributed by atoms with Crippen molar-refractivity contribution >= 4 is 5.91 Å². The number of halogens is 2. The summed E-state index contributed by atoms with van der Waals surface area (Å²) >= 11 is 0. The molecule has 1 aromatic heterocycles. The maximum absolute atomic E-state index is 14.5. The third-order valence-electron chi connectivity index (χ3n) is 6.53. The number of carbonyl (C=O) groups excluding carboxylic acids is 1. The summed E-state index contributed by atoms with van der Waals surface area (Å²) in [6.45, 7) is 0.651. The molecule has 2 atom stereocenters. The normalized spacial score (nSPS) is 19.0. The van der Waals surface area contributed by atoms with Crippen molar-refractivity contribution in [1.82, 2.24) is 14.7 Å². The highest BCUT2D eigenvalue weighted by molar-refractivity contribution is 5.78. The van der Waals surface area contributed by atoms with Gasteiger partial charge >= 0.3 is 0 Å². The van der Waals surface area contributed by atoms with Gasteiger partial charge in [0.15, 0.2) is 0 Å². The Labute approximate surface area is 194 Å². The van der Waals surface area contributed by atoms with E-state index < -0.39 is 23.8 Å². The molecule has 0 bridgehead atoms. The molecule has 1 aliphatic heterocycles. The minimum atomic E-state index is -0.984. The maximum Gasteiger partial charge on any atom is 0.248 e. The van der Waals surface area contributed by atoms with Gasteiger partial charge in [-0.05, 0) is 29.3 Å². The zero-order valence-corrected chi connectivity index (χ0v) is 18.5. The number of aromatic nitrogens is 2. The van der Waals surface area contributed by atoms with Crippen LogP contribution in [-0.4, -0.2) is 52.1 Å². The SMILES string of the molecule is COCC(=O)N1CCc2c(c(-c3cccc(C#N)c3)nn2[C@@H]2c3cc(F)cc(F)c3C[C@@H]2O)C1. The Morgan fingerprint density at radius 2 is 2.12 bits per heavy atom. The molecule has 2 aliphatic rings. The van der Waals surface area contributed by atoms with Crippen molar-refractivity contribution < 1.29 is 23.4 Å². The number of nitrogens with zero attached hydrogens (tertiary/aromatic N) is 4. The molecule has 0 unspecified atom stereocenters. The summed E-state index contributed by atoms with van der Waals surface area (Å²) in [5.41, 5.74) is 3.94. The molecule has 1 N–H and O–H groups in total. The van der Waals surface area contributed by atoms with Crippen LogP contribution in [0.3, 0.4) is 0 Å². The lowest BCUT2D eigenvalue weighted by Gasteiger charge is -2.29. The highest BCUT2D eigenvalue weighted by Gasteiger charge is 2.39. The molecule has 0 spiro atoms. The third kappa shape index (κ3) is 3.65. The Morgan fingerprint density at radius 3 is 2.88 bits per heavy atom. The lowest BCUT2D eigenvalue weighted by molar-refractivity contribution is -0.136. The summed E-state index contributed by atoms with van der Waals surface area (Å²) in [5, 5.41) is 25.0. The minimum Gasteiger partial charge on any atom is -0.390 e. The van der Waals surface area contributed by atoms with Crippen molar-refractivity contribution in [3.8, 4) is 17.3 Å². The van der Waals surface area contributed by atoms with Crippen molar-refractivity contribution in [2.24, 2.45) is 0 Å². The van der Waals surface area contributed by atoms with E-state index in [1.54, 1.807) is 27.8 Å². The fourth-order valence-electron chi connectivity index (χ4n) is 5.00. The first-order valence-corrected chi connectivity index (χ1v) is 10.9. The average Bonchev–Trinajstić information content (AvgIpc) is 3.36. The molecule has 5 rings (SSSR count). The highest BCUT2D eigenvalue weighted by atomic mass is 19.1. The van der Waals surface area contributed by atoms with E-state index in [2.05, 4.69) is 6.07 Å². The predicted molar refractivity (Wildman–Crippen MR) is 118 cm³/mol. The van der Waals surface area contributed by atoms with Crippen LogP contribution in [0.5, 0.6) is 0 Å². The molecule has 0 saturated heterocycles. The number of ether oxygens (including phenoxy) is 1. The second kappa shape index (κ2) is 8.63. The maximum atomic E-state index is 14.5. The summed E-state index contributed by atoms with van der Waals surface area (Å²) in [6.07, 6.45) is -0.480. The van der Waals surface area contributed by atoms with Crippen LogP contribution in [0.25, 0.3) is 11.3 Å². The van der Waals surface area contributed by atoms with Gasteiger partial charge in [-0.25, -0.2) is 8.78 Å². The second-order valence-corrected chi connectivity index (χ2v) is 8.58. The van der Waals surface area contributed by atoms with Crippen molar-refractivity contribution in [1.29, 1.82) is 5.26 Å². The Balaban J connectivity index is 1.66. The molecule has 1 aliphatic carbocycles. The second-order valence-electron chi connectivity index (χ2n) is 8.58. The molecule has 2 heterocycles. The molecule has 34 heavy (non-hydrogen) atoms. The number of fused-ring (bicyclic) bond motifs is 2. The molecule has 3 aromatic rings. The van der Waals surface area contributed by atoms with E-state index in [1.807, 2.05) is 6.07 Å². The number of aliphatic hydroxyl groups is 1. The smallest absolute Gasteiger partial charge is 0.248 e. The number of amides is 1. The van der Waals surface area contributed by atoms with Gasteiger partial charge in [-0.2, -0.15) is 10.4 Å². The molecule has 1 amide bonds. The summed E-state index contributed by atoms with van der Waals surface area (Å²) in [5.74, 6) is -1.56. The van der Waals surface area contributed by atoms with Crippen molar-refractivity contribution in [3.05, 3.63) is 76.0 Å². The van der Waals surface area contributed by atoms with Crippen LogP contribution in [0.15, 0.2) is 36.4 Å². The van der Waals surface area contributed by atoms with E-state index in [-0.39, 0.29) is 31.0 Å². The zero-order valence-electron chi connectivity index (χ0n) is 18.5. The Bertz CT molecular complexity index is 1330. The van der Waals surface area contributed by atoms with Gasteiger partial charge in [0.2, 0.25) is 5.91 Å². The number of aliphatic hydroxyl groups excluding tert-OH is 1. The molecule has 7 nitrogen and oxygen atoms in total. The first-order valence-electron chi connectivity index (χ1n) is 10.9. The number of hydrogen-bond donors (Lipinski definition) is 1. The monoisotopic (exact) mass is 464 g/mol. The number of benzene rings is 2. The van der Waals surface area contributed by atoms with E-state index in [0.29, 0.717) is 35.3 Å². The number of nitriles is 1. The number of hydrogen-bond acceptors (Lipinski definition) is 5. The first-order chi connectivity index (χ1) is 16.4. The summed E-state index contributed by atoms with van der Waals surface area (Å²) in [7, 11) is 1.46. The Kier molecular flexibility index (Phi) is 5.63. The molecule has 9 heteroatoms. The lowest BCUT2D eigenvalue weighted by Crippen LogP contribution is -2.39. The van der Waals surface area contributed by atoms with E-state index >= 15 is 0 Å². The van der Waals surface area contributed by atoms with Gasteiger partial charge in [-0.15, -0.1) is 0 Å². The van der Waals surface area contributed by atoms with Crippen LogP contribution in [0.2, 0.25) is 0 Å². The van der Waals surface area contributed by atoms with Gasteiger partial charge in [0, 0.05) is 55.9 Å². The van der Waals surface area contributed by atoms with E-state index in [9.17, 15) is 23.9 Å². The number of carbonyl (C=O) groups is 1. The largest absolute Gasteiger partial charge is 0.390 e. The van der Waals surface area contributed by atoms with Gasteiger partial charge in [0.25, 0.3) is 0 Å². The van der Waals surface area contributed by atoms with E-state index in [0.717, 1.165) is 17.3 Å². The topological polar surface area (TPSA) is 91.4 Å². The summed E-state index contributed by atoms with van der Waals surface area (Å²) in [6, 6.07) is 10.4. The number of rotatable bonds is 4. The average molecular weight is 464 g/mol. The molecule has 0 radical (unpaired) electrons. The summed E-state index contributed by atoms with van der Waals surface area (Å²) in [4.78, 5) is 14.2. The fraction of sp³-hybridized carbons (Fsp3) is 0.320. The molecule has 0 saturated carbocycles. The van der Waals surface area contributed by atoms with Crippen molar-refractivity contribution in [2.75, 3.05) is 20.3 Å². The summed E-state index contributed by atoms with van der Waals surface area (Å²) < 4.78 is 35.2. The van der Waals surface area contributed by atoms with E-state index in [1.165, 1.54) is 13.2 Å². The van der Waals surface area contributed by atoms with Gasteiger partial charge in [0.1, 0.15) is 24.3 Å². The molecule has 174 valence electrons. The number of methoxy groups -OCH3 is 1. The van der Waals surface area contributed by atoms with Crippen LogP contribution in [0.4, 0.5) is 8.78 Å². The standard InChI is InChI=1S/C25H22F2N4O3/c1-34-13-23(33)30-6-5-21-19(12-30)24(15-4-2-3-14(7-15)11-28)29-31(21)25-18-8-16(26)9-20(27)17(18)10-22(25)32/h2-4,7-9,22,25,32H,5-6,10,12-13H2,1H3/t22-,25+/m0/s1. The molecular formula is C25H22F2N4O3. The van der Waals surface area contributed by atoms with Crippen LogP contribution in [0.1, 0.15) is 34.0 Å². The quantitative estimate of drug-likeness (QED) is 0.641. The highest BCUT2D eigenvalue weighted by Crippen LogP contribution is 2.40. The van der Waals surface area contributed by atoms with E-state index in [4.69, 9.17) is 9.84 Å². The predicted octanol–water partition coefficient (Wildman–Crippen LogP) is 2.74. The Hall–Kier alpha value is -3.61. The Morgan fingerprint density at radius 1 is 1.29 bits per heavy atom. The van der Waals surface area contributed by atoms with Crippen LogP contribution < -0.4 is 0 Å². The van der Waals surface area contributed by atoms with Crippen molar-refractivity contribution in [3.63, 3.8) is 0 Å². The van der Waals surface area contributed by atoms with Gasteiger partial charge in [-0.1, -0.05) is 12.1 Å². The molecule has 2 aromatic carbocycles. The third-order valence-corrected chi connectivity index (χ3v) is 6.53. The molecule has 0 fully saturated rings. The molecular weight excluding hydrogens is 442 g/mol. The zero-order chi connectivity index (χ0) is 24.0. The van der Waals surface area contributed by atoms with Gasteiger partial charge in [-0.3, -0.25) is 9.48 Å². The van der Waals surface area contributed by atoms with Gasteiger partial charge < -0.3 is 14.7 Å². The van der Waals surface area contributed by atoms with Crippen LogP contribution >= 0.6 is 0 Å². The fourth-order valence-corrected chi connectivity index (χ4v) is 5.00. The van der Waals surface area contributed by atoms with Gasteiger partial charge in [0.05, 0.1) is 23.4 Å². The van der Waals surface area contributed by atoms with Crippen LogP contribution in [0, 0.1) is 23.0 Å².